The summed E-state index contributed by atoms with van der Waals surface area (Å²) >= 11 is 0. The van der Waals surface area contributed by atoms with E-state index in [1.165, 1.54) is 0 Å². The lowest BCUT2D eigenvalue weighted by molar-refractivity contribution is 0.572. The van der Waals surface area contributed by atoms with Crippen LogP contribution in [0.3, 0.4) is 0 Å². The van der Waals surface area contributed by atoms with E-state index >= 15 is 0 Å². The minimum absolute atomic E-state index is 0.366. The predicted octanol–water partition coefficient (Wildman–Crippen LogP) is 2.75. The third-order valence-electron chi connectivity index (χ3n) is 3.45. The van der Waals surface area contributed by atoms with Gasteiger partial charge in [-0.15, -0.1) is 0 Å². The topological polar surface area (TPSA) is 47.1 Å². The Labute approximate surface area is 105 Å². The normalized spacial score (nSPS) is 11.5. The molecule has 17 heavy (non-hydrogen) atoms. The van der Waals surface area contributed by atoms with Crippen molar-refractivity contribution in [2.45, 2.75) is 52.5 Å². The van der Waals surface area contributed by atoms with Gasteiger partial charge in [-0.3, -0.25) is 4.68 Å². The zero-order valence-electron chi connectivity index (χ0n) is 12.0. The Morgan fingerprint density at radius 3 is 2.18 bits per heavy atom. The predicted molar refractivity (Wildman–Crippen MR) is 74.5 cm³/mol. The summed E-state index contributed by atoms with van der Waals surface area (Å²) in [5.74, 6) is 1.41. The lowest BCUT2D eigenvalue weighted by Gasteiger charge is -2.28. The van der Waals surface area contributed by atoms with Gasteiger partial charge in [-0.05, 0) is 18.8 Å². The van der Waals surface area contributed by atoms with Crippen LogP contribution >= 0.6 is 0 Å². The molecule has 4 heteroatoms. The summed E-state index contributed by atoms with van der Waals surface area (Å²) in [7, 11) is 4.08. The van der Waals surface area contributed by atoms with Crippen molar-refractivity contribution >= 4 is 11.5 Å². The fourth-order valence-corrected chi connectivity index (χ4v) is 2.41. The van der Waals surface area contributed by atoms with Gasteiger partial charge in [0.1, 0.15) is 5.82 Å². The summed E-state index contributed by atoms with van der Waals surface area (Å²) in [4.78, 5) is 2.26. The van der Waals surface area contributed by atoms with Gasteiger partial charge >= 0.3 is 0 Å². The van der Waals surface area contributed by atoms with E-state index in [1.54, 1.807) is 0 Å². The highest BCUT2D eigenvalue weighted by atomic mass is 15.4. The maximum Gasteiger partial charge on any atom is 0.150 e. The Bertz CT molecular complexity index is 364. The zero-order chi connectivity index (χ0) is 13.2. The molecule has 0 saturated carbocycles. The number of aromatic nitrogens is 2. The molecule has 0 spiro atoms. The maximum absolute atomic E-state index is 6.23. The fourth-order valence-electron chi connectivity index (χ4n) is 2.41. The molecule has 0 atom stereocenters. The minimum atomic E-state index is 0.366. The van der Waals surface area contributed by atoms with Crippen molar-refractivity contribution in [3.05, 3.63) is 5.69 Å². The maximum atomic E-state index is 6.23. The summed E-state index contributed by atoms with van der Waals surface area (Å²) < 4.78 is 1.91. The molecule has 0 amide bonds. The lowest BCUT2D eigenvalue weighted by atomic mass is 10.1. The van der Waals surface area contributed by atoms with Crippen LogP contribution < -0.4 is 10.6 Å². The van der Waals surface area contributed by atoms with Gasteiger partial charge in [0.05, 0.1) is 11.4 Å². The first-order valence-electron chi connectivity index (χ1n) is 6.49. The molecular weight excluding hydrogens is 212 g/mol. The highest BCUT2D eigenvalue weighted by molar-refractivity contribution is 5.67. The molecule has 0 bridgehead atoms. The molecule has 2 N–H and O–H groups in total. The van der Waals surface area contributed by atoms with Crippen LogP contribution in [0.4, 0.5) is 11.5 Å². The highest BCUT2D eigenvalue weighted by Gasteiger charge is 2.22. The van der Waals surface area contributed by atoms with Gasteiger partial charge in [0.2, 0.25) is 0 Å². The molecular formula is C13H26N4. The number of nitrogen functional groups attached to an aromatic ring is 1. The third kappa shape index (κ3) is 2.56. The van der Waals surface area contributed by atoms with E-state index < -0.39 is 0 Å². The van der Waals surface area contributed by atoms with Crippen molar-refractivity contribution in [1.82, 2.24) is 9.78 Å². The highest BCUT2D eigenvalue weighted by Crippen LogP contribution is 2.31. The standard InChI is InChI=1S/C13H26N4/c1-7-10(8-2)16(5)13-11(14)12(9(3)4)15-17(13)6/h9-10H,7-8,14H2,1-6H3. The largest absolute Gasteiger partial charge is 0.394 e. The fraction of sp³-hybridized carbons (Fsp3) is 0.769. The Kier molecular flexibility index (Phi) is 4.43. The Balaban J connectivity index is 3.13. The second-order valence-electron chi connectivity index (χ2n) is 4.98. The van der Waals surface area contributed by atoms with Crippen LogP contribution in [0.25, 0.3) is 0 Å². The number of aryl methyl sites for hydroxylation is 1. The molecule has 4 nitrogen and oxygen atoms in total. The van der Waals surface area contributed by atoms with Crippen LogP contribution in [0.5, 0.6) is 0 Å². The Morgan fingerprint density at radius 2 is 1.82 bits per heavy atom. The van der Waals surface area contributed by atoms with Crippen molar-refractivity contribution in [3.8, 4) is 0 Å². The van der Waals surface area contributed by atoms with E-state index in [9.17, 15) is 0 Å². The lowest BCUT2D eigenvalue weighted by Crippen LogP contribution is -2.32. The molecule has 0 aromatic carbocycles. The van der Waals surface area contributed by atoms with Crippen molar-refractivity contribution in [2.75, 3.05) is 17.7 Å². The van der Waals surface area contributed by atoms with Crippen molar-refractivity contribution < 1.29 is 0 Å². The van der Waals surface area contributed by atoms with Gasteiger partial charge in [-0.1, -0.05) is 27.7 Å². The summed E-state index contributed by atoms with van der Waals surface area (Å²) in [6.45, 7) is 8.67. The summed E-state index contributed by atoms with van der Waals surface area (Å²) in [6, 6.07) is 0.521. The molecule has 0 aliphatic rings. The van der Waals surface area contributed by atoms with Crippen LogP contribution in [-0.4, -0.2) is 22.9 Å². The Hall–Kier alpha value is -1.19. The number of nitrogens with two attached hydrogens (primary N) is 1. The molecule has 0 saturated heterocycles. The SMILES string of the molecule is CCC(CC)N(C)c1c(N)c(C(C)C)nn1C. The van der Waals surface area contributed by atoms with Gasteiger partial charge in [-0.2, -0.15) is 5.10 Å². The van der Waals surface area contributed by atoms with Crippen LogP contribution in [0.2, 0.25) is 0 Å². The van der Waals surface area contributed by atoms with Crippen molar-refractivity contribution in [3.63, 3.8) is 0 Å². The van der Waals surface area contributed by atoms with Gasteiger partial charge in [-0.25, -0.2) is 0 Å². The van der Waals surface area contributed by atoms with Crippen molar-refractivity contribution in [2.24, 2.45) is 7.05 Å². The number of anilines is 2. The van der Waals surface area contributed by atoms with E-state index in [1.807, 2.05) is 11.7 Å². The molecule has 1 aromatic rings. The summed E-state index contributed by atoms with van der Waals surface area (Å²) in [6.07, 6.45) is 2.24. The summed E-state index contributed by atoms with van der Waals surface area (Å²) in [5.41, 5.74) is 8.06. The first-order valence-corrected chi connectivity index (χ1v) is 6.49. The first-order chi connectivity index (χ1) is 7.93. The number of rotatable bonds is 5. The van der Waals surface area contributed by atoms with E-state index in [0.717, 1.165) is 30.0 Å². The number of hydrogen-bond acceptors (Lipinski definition) is 3. The van der Waals surface area contributed by atoms with Crippen LogP contribution in [0, 0.1) is 0 Å². The molecule has 0 radical (unpaired) electrons. The monoisotopic (exact) mass is 238 g/mol. The Morgan fingerprint density at radius 1 is 1.29 bits per heavy atom. The third-order valence-corrected chi connectivity index (χ3v) is 3.45. The van der Waals surface area contributed by atoms with Gasteiger partial charge in [0, 0.05) is 20.1 Å². The van der Waals surface area contributed by atoms with Gasteiger partial charge in [0.15, 0.2) is 0 Å². The molecule has 1 aromatic heterocycles. The molecule has 0 unspecified atom stereocenters. The summed E-state index contributed by atoms with van der Waals surface area (Å²) in [5, 5.41) is 4.53. The smallest absolute Gasteiger partial charge is 0.150 e. The average molecular weight is 238 g/mol. The van der Waals surface area contributed by atoms with Crippen LogP contribution in [0.15, 0.2) is 0 Å². The molecule has 0 aliphatic heterocycles. The van der Waals surface area contributed by atoms with Crippen LogP contribution in [-0.2, 0) is 7.05 Å². The van der Waals surface area contributed by atoms with E-state index in [2.05, 4.69) is 44.7 Å². The molecule has 1 rings (SSSR count). The van der Waals surface area contributed by atoms with E-state index in [0.29, 0.717) is 12.0 Å². The van der Waals surface area contributed by atoms with Crippen LogP contribution in [0.1, 0.15) is 52.1 Å². The molecule has 0 aliphatic carbocycles. The second-order valence-corrected chi connectivity index (χ2v) is 4.98. The van der Waals surface area contributed by atoms with Gasteiger partial charge < -0.3 is 10.6 Å². The molecule has 1 heterocycles. The average Bonchev–Trinajstić information content (AvgIpc) is 2.56. The quantitative estimate of drug-likeness (QED) is 0.858. The van der Waals surface area contributed by atoms with E-state index in [4.69, 9.17) is 5.73 Å². The second kappa shape index (κ2) is 5.43. The minimum Gasteiger partial charge on any atom is -0.394 e. The first kappa shape index (κ1) is 13.9. The molecule has 98 valence electrons. The molecule has 0 fully saturated rings. The number of nitrogens with zero attached hydrogens (tertiary/aromatic N) is 3. The zero-order valence-corrected chi connectivity index (χ0v) is 12.0. The number of hydrogen-bond donors (Lipinski definition) is 1. The van der Waals surface area contributed by atoms with Gasteiger partial charge in [0.25, 0.3) is 0 Å². The van der Waals surface area contributed by atoms with Crippen molar-refractivity contribution in [1.29, 1.82) is 0 Å². The van der Waals surface area contributed by atoms with E-state index in [-0.39, 0.29) is 0 Å².